The summed E-state index contributed by atoms with van der Waals surface area (Å²) in [7, 11) is 0. The van der Waals surface area contributed by atoms with E-state index in [1.54, 1.807) is 19.1 Å². The van der Waals surface area contributed by atoms with Gasteiger partial charge in [0.1, 0.15) is 18.1 Å². The fraction of sp³-hybridized carbons (Fsp3) is 0.278. The van der Waals surface area contributed by atoms with Gasteiger partial charge in [-0.1, -0.05) is 31.2 Å². The van der Waals surface area contributed by atoms with Crippen molar-refractivity contribution in [2.75, 3.05) is 13.2 Å². The molecule has 0 saturated heterocycles. The molecule has 1 atom stereocenters. The van der Waals surface area contributed by atoms with Crippen LogP contribution in [0.4, 0.5) is 0 Å². The van der Waals surface area contributed by atoms with E-state index in [2.05, 4.69) is 0 Å². The van der Waals surface area contributed by atoms with Gasteiger partial charge in [-0.3, -0.25) is 0 Å². The van der Waals surface area contributed by atoms with E-state index in [9.17, 15) is 4.79 Å². The van der Waals surface area contributed by atoms with Crippen molar-refractivity contribution in [1.82, 2.24) is 0 Å². The Morgan fingerprint density at radius 3 is 1.96 bits per heavy atom. The third kappa shape index (κ3) is 4.72. The molecule has 5 heteroatoms. The molecular weight excluding hydrogens is 296 g/mol. The quantitative estimate of drug-likeness (QED) is 0.783. The normalized spacial score (nSPS) is 11.7. The Morgan fingerprint density at radius 1 is 1.00 bits per heavy atom. The van der Waals surface area contributed by atoms with E-state index in [4.69, 9.17) is 19.7 Å². The summed E-state index contributed by atoms with van der Waals surface area (Å²) >= 11 is 0. The maximum absolute atomic E-state index is 11.0. The maximum atomic E-state index is 11.0. The SMILES string of the molecule is CCC(Oc1ccc(-c2ccc(OCCO)cc2)cc1)C(=O)O. The average Bonchev–Trinajstić information content (AvgIpc) is 2.58. The van der Waals surface area contributed by atoms with Gasteiger partial charge in [0.15, 0.2) is 6.10 Å². The van der Waals surface area contributed by atoms with Crippen LogP contribution in [-0.2, 0) is 4.79 Å². The number of ether oxygens (including phenoxy) is 2. The number of carbonyl (C=O) groups is 1. The van der Waals surface area contributed by atoms with Crippen molar-refractivity contribution in [3.05, 3.63) is 48.5 Å². The summed E-state index contributed by atoms with van der Waals surface area (Å²) in [6.45, 7) is 2.03. The summed E-state index contributed by atoms with van der Waals surface area (Å²) in [6, 6.07) is 14.8. The Balaban J connectivity index is 2.05. The van der Waals surface area contributed by atoms with Crippen LogP contribution in [0.2, 0.25) is 0 Å². The highest BCUT2D eigenvalue weighted by Gasteiger charge is 2.16. The molecule has 0 radical (unpaired) electrons. The molecule has 5 nitrogen and oxygen atoms in total. The predicted molar refractivity (Wildman–Crippen MR) is 86.8 cm³/mol. The smallest absolute Gasteiger partial charge is 0.344 e. The maximum Gasteiger partial charge on any atom is 0.344 e. The fourth-order valence-corrected chi connectivity index (χ4v) is 2.11. The molecule has 0 fully saturated rings. The number of aliphatic hydroxyl groups is 1. The number of hydrogen-bond acceptors (Lipinski definition) is 4. The first-order valence-electron chi connectivity index (χ1n) is 7.47. The fourth-order valence-electron chi connectivity index (χ4n) is 2.11. The lowest BCUT2D eigenvalue weighted by molar-refractivity contribution is -0.145. The van der Waals surface area contributed by atoms with Crippen molar-refractivity contribution in [1.29, 1.82) is 0 Å². The van der Waals surface area contributed by atoms with Crippen molar-refractivity contribution < 1.29 is 24.5 Å². The zero-order chi connectivity index (χ0) is 16.7. The molecule has 0 aliphatic heterocycles. The van der Waals surface area contributed by atoms with Crippen LogP contribution in [0.1, 0.15) is 13.3 Å². The van der Waals surface area contributed by atoms with Gasteiger partial charge in [-0.15, -0.1) is 0 Å². The molecule has 122 valence electrons. The second-order valence-corrected chi connectivity index (χ2v) is 4.97. The first-order chi connectivity index (χ1) is 11.1. The summed E-state index contributed by atoms with van der Waals surface area (Å²) in [5.41, 5.74) is 2.01. The number of hydrogen-bond donors (Lipinski definition) is 2. The van der Waals surface area contributed by atoms with Crippen molar-refractivity contribution in [2.45, 2.75) is 19.4 Å². The molecular formula is C18H20O5. The van der Waals surface area contributed by atoms with Gasteiger partial charge in [0.2, 0.25) is 0 Å². The molecule has 0 spiro atoms. The van der Waals surface area contributed by atoms with Gasteiger partial charge in [0.25, 0.3) is 0 Å². The van der Waals surface area contributed by atoms with Crippen molar-refractivity contribution in [3.63, 3.8) is 0 Å². The summed E-state index contributed by atoms with van der Waals surface area (Å²) < 4.78 is 10.8. The minimum atomic E-state index is -0.963. The van der Waals surface area contributed by atoms with Crippen molar-refractivity contribution in [3.8, 4) is 22.6 Å². The highest BCUT2D eigenvalue weighted by molar-refractivity contribution is 5.72. The van der Waals surface area contributed by atoms with Gasteiger partial charge in [0, 0.05) is 0 Å². The Kier molecular flexibility index (Phi) is 6.00. The van der Waals surface area contributed by atoms with Crippen LogP contribution in [0.15, 0.2) is 48.5 Å². The second-order valence-electron chi connectivity index (χ2n) is 4.97. The van der Waals surface area contributed by atoms with Crippen LogP contribution in [0, 0.1) is 0 Å². The molecule has 0 aliphatic carbocycles. The lowest BCUT2D eigenvalue weighted by Crippen LogP contribution is -2.25. The van der Waals surface area contributed by atoms with E-state index >= 15 is 0 Å². The number of aliphatic carboxylic acids is 1. The van der Waals surface area contributed by atoms with Gasteiger partial charge >= 0.3 is 5.97 Å². The van der Waals surface area contributed by atoms with Crippen molar-refractivity contribution in [2.24, 2.45) is 0 Å². The van der Waals surface area contributed by atoms with Crippen LogP contribution < -0.4 is 9.47 Å². The molecule has 2 rings (SSSR count). The molecule has 0 aromatic heterocycles. The average molecular weight is 316 g/mol. The van der Waals surface area contributed by atoms with Crippen molar-refractivity contribution >= 4 is 5.97 Å². The first-order valence-corrected chi connectivity index (χ1v) is 7.47. The minimum absolute atomic E-state index is 0.0156. The van der Waals surface area contributed by atoms with E-state index < -0.39 is 12.1 Å². The monoisotopic (exact) mass is 316 g/mol. The molecule has 2 aromatic carbocycles. The summed E-state index contributed by atoms with van der Waals surface area (Å²) in [5.74, 6) is 0.274. The first kappa shape index (κ1) is 16.8. The Hall–Kier alpha value is -2.53. The molecule has 0 heterocycles. The van der Waals surface area contributed by atoms with Crippen LogP contribution >= 0.6 is 0 Å². The lowest BCUT2D eigenvalue weighted by atomic mass is 10.1. The predicted octanol–water partition coefficient (Wildman–Crippen LogP) is 2.97. The Bertz CT molecular complexity index is 619. The highest BCUT2D eigenvalue weighted by atomic mass is 16.5. The van der Waals surface area contributed by atoms with E-state index in [1.807, 2.05) is 36.4 Å². The minimum Gasteiger partial charge on any atom is -0.491 e. The number of rotatable bonds is 8. The molecule has 0 aliphatic rings. The second kappa shape index (κ2) is 8.19. The number of carboxylic acids is 1. The Morgan fingerprint density at radius 2 is 1.52 bits per heavy atom. The lowest BCUT2D eigenvalue weighted by Gasteiger charge is -2.13. The molecule has 0 saturated carbocycles. The van der Waals surface area contributed by atoms with E-state index in [1.165, 1.54) is 0 Å². The summed E-state index contributed by atoms with van der Waals surface area (Å²) in [6.07, 6.45) is -0.421. The van der Waals surface area contributed by atoms with Crippen LogP contribution in [0.5, 0.6) is 11.5 Å². The third-order valence-corrected chi connectivity index (χ3v) is 3.33. The van der Waals surface area contributed by atoms with Crippen LogP contribution in [0.3, 0.4) is 0 Å². The molecule has 0 bridgehead atoms. The molecule has 1 unspecified atom stereocenters. The van der Waals surface area contributed by atoms with E-state index in [-0.39, 0.29) is 13.2 Å². The topological polar surface area (TPSA) is 76.0 Å². The number of aliphatic hydroxyl groups excluding tert-OH is 1. The number of benzene rings is 2. The zero-order valence-corrected chi connectivity index (χ0v) is 12.9. The zero-order valence-electron chi connectivity index (χ0n) is 12.9. The Labute approximate surface area is 135 Å². The van der Waals surface area contributed by atoms with Gasteiger partial charge < -0.3 is 19.7 Å². The van der Waals surface area contributed by atoms with Gasteiger partial charge in [-0.05, 0) is 41.8 Å². The molecule has 23 heavy (non-hydrogen) atoms. The van der Waals surface area contributed by atoms with Crippen LogP contribution in [-0.4, -0.2) is 35.5 Å². The van der Waals surface area contributed by atoms with Gasteiger partial charge in [0.05, 0.1) is 6.61 Å². The van der Waals surface area contributed by atoms with Gasteiger partial charge in [-0.25, -0.2) is 4.79 Å². The van der Waals surface area contributed by atoms with E-state index in [0.717, 1.165) is 11.1 Å². The molecule has 2 N–H and O–H groups in total. The molecule has 2 aromatic rings. The largest absolute Gasteiger partial charge is 0.491 e. The van der Waals surface area contributed by atoms with Crippen LogP contribution in [0.25, 0.3) is 11.1 Å². The highest BCUT2D eigenvalue weighted by Crippen LogP contribution is 2.25. The summed E-state index contributed by atoms with van der Waals surface area (Å²) in [5, 5.41) is 17.7. The standard InChI is InChI=1S/C18H20O5/c1-2-17(18(20)21)23-16-9-5-14(6-10-16)13-3-7-15(8-4-13)22-12-11-19/h3-10,17,19H,2,11-12H2,1H3,(H,20,21). The molecule has 0 amide bonds. The van der Waals surface area contributed by atoms with E-state index in [0.29, 0.717) is 17.9 Å². The number of carboxylic acid groups (broad SMARTS) is 1. The third-order valence-electron chi connectivity index (χ3n) is 3.33. The van der Waals surface area contributed by atoms with Gasteiger partial charge in [-0.2, -0.15) is 0 Å². The summed E-state index contributed by atoms with van der Waals surface area (Å²) in [4.78, 5) is 11.0.